The summed E-state index contributed by atoms with van der Waals surface area (Å²) < 4.78 is 40.9. The minimum Gasteiger partial charge on any atom is -0.329 e. The maximum absolute atomic E-state index is 13.1. The van der Waals surface area contributed by atoms with Gasteiger partial charge in [0.05, 0.1) is 23.5 Å². The molecule has 1 heterocycles. The molecule has 2 aromatic rings. The molecule has 20 heavy (non-hydrogen) atoms. The van der Waals surface area contributed by atoms with Gasteiger partial charge in [0, 0.05) is 12.7 Å². The molecule has 0 bridgehead atoms. The number of sulfonamides is 1. The van der Waals surface area contributed by atoms with Gasteiger partial charge >= 0.3 is 0 Å². The Hall–Kier alpha value is -1.64. The lowest BCUT2D eigenvalue weighted by atomic mass is 10.3. The zero-order valence-electron chi connectivity index (χ0n) is 10.3. The molecule has 1 aromatic heterocycles. The first-order valence-corrected chi connectivity index (χ1v) is 7.49. The maximum atomic E-state index is 13.1. The molecule has 0 radical (unpaired) electrons. The molecule has 1 aromatic carbocycles. The summed E-state index contributed by atoms with van der Waals surface area (Å²) in [6.07, 6.45) is 2.52. The highest BCUT2D eigenvalue weighted by atomic mass is 35.5. The number of nitrogens with one attached hydrogen (secondary N) is 1. The van der Waals surface area contributed by atoms with Gasteiger partial charge in [-0.15, -0.1) is 0 Å². The molecule has 0 amide bonds. The molecular weight excluding hydrogens is 307 g/mol. The fourth-order valence-corrected chi connectivity index (χ4v) is 2.76. The van der Waals surface area contributed by atoms with Gasteiger partial charge in [-0.1, -0.05) is 11.6 Å². The normalized spacial score (nSPS) is 11.6. The number of nitrogens with zero attached hydrogens (tertiary/aromatic N) is 2. The first kappa shape index (κ1) is 14.8. The van der Waals surface area contributed by atoms with Crippen LogP contribution in [-0.4, -0.2) is 24.7 Å². The summed E-state index contributed by atoms with van der Waals surface area (Å²) in [7, 11) is -3.88. The Morgan fingerprint density at radius 3 is 2.90 bits per heavy atom. The van der Waals surface area contributed by atoms with Crippen molar-refractivity contribution in [2.24, 2.45) is 5.73 Å². The Kier molecular flexibility index (Phi) is 4.26. The van der Waals surface area contributed by atoms with E-state index in [1.807, 2.05) is 0 Å². The Balaban J connectivity index is 2.28. The van der Waals surface area contributed by atoms with E-state index in [0.717, 1.165) is 12.1 Å². The lowest BCUT2D eigenvalue weighted by Crippen LogP contribution is -2.13. The molecule has 0 unspecified atom stereocenters. The SMILES string of the molecule is NCCn1cc(S(=O)(=O)Nc2cc(F)ccc2Cl)cn1. The molecule has 6 nitrogen and oxygen atoms in total. The molecule has 0 aliphatic rings. The van der Waals surface area contributed by atoms with Crippen LogP contribution in [0.2, 0.25) is 5.02 Å². The minimum atomic E-state index is -3.88. The average Bonchev–Trinajstić information content (AvgIpc) is 2.83. The summed E-state index contributed by atoms with van der Waals surface area (Å²) in [6, 6.07) is 3.41. The van der Waals surface area contributed by atoms with Crippen LogP contribution in [0.5, 0.6) is 0 Å². The van der Waals surface area contributed by atoms with Crippen molar-refractivity contribution in [3.63, 3.8) is 0 Å². The molecule has 3 N–H and O–H groups in total. The molecule has 0 aliphatic carbocycles. The lowest BCUT2D eigenvalue weighted by Gasteiger charge is -2.08. The first-order chi connectivity index (χ1) is 9.42. The van der Waals surface area contributed by atoms with E-state index in [1.54, 1.807) is 0 Å². The highest BCUT2D eigenvalue weighted by Crippen LogP contribution is 2.25. The quantitative estimate of drug-likeness (QED) is 0.872. The summed E-state index contributed by atoms with van der Waals surface area (Å²) in [4.78, 5) is -0.0497. The van der Waals surface area contributed by atoms with Crippen LogP contribution in [0.1, 0.15) is 0 Å². The van der Waals surface area contributed by atoms with E-state index >= 15 is 0 Å². The summed E-state index contributed by atoms with van der Waals surface area (Å²) in [5.74, 6) is -0.592. The largest absolute Gasteiger partial charge is 0.329 e. The third kappa shape index (κ3) is 3.27. The Morgan fingerprint density at radius 1 is 1.45 bits per heavy atom. The second kappa shape index (κ2) is 5.78. The third-order valence-corrected chi connectivity index (χ3v) is 4.10. The van der Waals surface area contributed by atoms with Gasteiger partial charge in [-0.3, -0.25) is 9.40 Å². The second-order valence-corrected chi connectivity index (χ2v) is 6.05. The minimum absolute atomic E-state index is 0.0294. The highest BCUT2D eigenvalue weighted by Gasteiger charge is 2.18. The first-order valence-electron chi connectivity index (χ1n) is 5.63. The van der Waals surface area contributed by atoms with Crippen molar-refractivity contribution >= 4 is 27.3 Å². The molecule has 0 spiro atoms. The smallest absolute Gasteiger partial charge is 0.265 e. The van der Waals surface area contributed by atoms with E-state index in [0.29, 0.717) is 13.1 Å². The summed E-state index contributed by atoms with van der Waals surface area (Å²) in [5, 5.41) is 3.97. The number of benzene rings is 1. The topological polar surface area (TPSA) is 90.0 Å². The Bertz CT molecular complexity index is 717. The zero-order valence-corrected chi connectivity index (χ0v) is 11.8. The van der Waals surface area contributed by atoms with Crippen molar-refractivity contribution < 1.29 is 12.8 Å². The monoisotopic (exact) mass is 318 g/mol. The van der Waals surface area contributed by atoms with Crippen molar-refractivity contribution in [3.8, 4) is 0 Å². The van der Waals surface area contributed by atoms with E-state index < -0.39 is 15.8 Å². The number of nitrogens with two attached hydrogens (primary N) is 1. The van der Waals surface area contributed by atoms with E-state index in [-0.39, 0.29) is 15.6 Å². The standard InChI is InChI=1S/C11H12ClFN4O2S/c12-10-2-1-8(13)5-11(10)16-20(18,19)9-6-15-17(7-9)4-3-14/h1-2,5-7,16H,3-4,14H2. The zero-order chi connectivity index (χ0) is 14.8. The molecule has 0 saturated heterocycles. The summed E-state index contributed by atoms with van der Waals surface area (Å²) in [5.41, 5.74) is 5.32. The molecule has 108 valence electrons. The van der Waals surface area contributed by atoms with Crippen LogP contribution in [0.3, 0.4) is 0 Å². The van der Waals surface area contributed by atoms with E-state index in [4.69, 9.17) is 17.3 Å². The van der Waals surface area contributed by atoms with Gasteiger partial charge in [0.1, 0.15) is 10.7 Å². The van der Waals surface area contributed by atoms with Crippen LogP contribution in [0, 0.1) is 5.82 Å². The van der Waals surface area contributed by atoms with Gasteiger partial charge in [-0.05, 0) is 18.2 Å². The number of anilines is 1. The van der Waals surface area contributed by atoms with Gasteiger partial charge < -0.3 is 5.73 Å². The molecule has 0 fully saturated rings. The Labute approximate surface area is 120 Å². The van der Waals surface area contributed by atoms with Crippen LogP contribution >= 0.6 is 11.6 Å². The maximum Gasteiger partial charge on any atom is 0.265 e. The van der Waals surface area contributed by atoms with E-state index in [2.05, 4.69) is 9.82 Å². The predicted molar refractivity (Wildman–Crippen MR) is 73.5 cm³/mol. The molecule has 0 saturated carbocycles. The van der Waals surface area contributed by atoms with Crippen LogP contribution in [0.4, 0.5) is 10.1 Å². The fourth-order valence-electron chi connectivity index (χ4n) is 1.52. The average molecular weight is 319 g/mol. The molecular formula is C11H12ClFN4O2S. The Morgan fingerprint density at radius 2 is 2.20 bits per heavy atom. The van der Waals surface area contributed by atoms with Gasteiger partial charge in [0.25, 0.3) is 10.0 Å². The van der Waals surface area contributed by atoms with Crippen molar-refractivity contribution in [2.75, 3.05) is 11.3 Å². The van der Waals surface area contributed by atoms with Crippen molar-refractivity contribution in [3.05, 3.63) is 41.4 Å². The molecule has 0 atom stereocenters. The van der Waals surface area contributed by atoms with Gasteiger partial charge in [0.15, 0.2) is 0 Å². The van der Waals surface area contributed by atoms with Crippen LogP contribution < -0.4 is 10.5 Å². The van der Waals surface area contributed by atoms with Crippen molar-refractivity contribution in [1.82, 2.24) is 9.78 Å². The van der Waals surface area contributed by atoms with Crippen LogP contribution in [-0.2, 0) is 16.6 Å². The van der Waals surface area contributed by atoms with E-state index in [1.165, 1.54) is 23.1 Å². The number of halogens is 2. The highest BCUT2D eigenvalue weighted by molar-refractivity contribution is 7.92. The van der Waals surface area contributed by atoms with Gasteiger partial charge in [-0.25, -0.2) is 12.8 Å². The third-order valence-electron chi connectivity index (χ3n) is 2.45. The molecule has 0 aliphatic heterocycles. The second-order valence-electron chi connectivity index (χ2n) is 3.96. The lowest BCUT2D eigenvalue weighted by molar-refractivity contribution is 0.599. The summed E-state index contributed by atoms with van der Waals surface area (Å²) in [6.45, 7) is 0.737. The number of aromatic nitrogens is 2. The molecule has 2 rings (SSSR count). The van der Waals surface area contributed by atoms with Crippen molar-refractivity contribution in [2.45, 2.75) is 11.4 Å². The summed E-state index contributed by atoms with van der Waals surface area (Å²) >= 11 is 5.81. The number of rotatable bonds is 5. The number of hydrogen-bond donors (Lipinski definition) is 2. The number of hydrogen-bond acceptors (Lipinski definition) is 4. The van der Waals surface area contributed by atoms with Crippen LogP contribution in [0.15, 0.2) is 35.5 Å². The predicted octanol–water partition coefficient (Wildman–Crippen LogP) is 1.44. The fraction of sp³-hybridized carbons (Fsp3) is 0.182. The van der Waals surface area contributed by atoms with Gasteiger partial charge in [0.2, 0.25) is 0 Å². The van der Waals surface area contributed by atoms with Gasteiger partial charge in [-0.2, -0.15) is 5.10 Å². The van der Waals surface area contributed by atoms with Crippen molar-refractivity contribution in [1.29, 1.82) is 0 Å². The molecule has 9 heteroatoms. The van der Waals surface area contributed by atoms with Crippen LogP contribution in [0.25, 0.3) is 0 Å². The van der Waals surface area contributed by atoms with E-state index in [9.17, 15) is 12.8 Å².